The largest absolute Gasteiger partial charge is 0.444 e. The third-order valence-electron chi connectivity index (χ3n) is 6.44. The Morgan fingerprint density at radius 3 is 2.21 bits per heavy atom. The quantitative estimate of drug-likeness (QED) is 0.249. The molecule has 0 heterocycles. The van der Waals surface area contributed by atoms with Crippen LogP contribution in [0.5, 0.6) is 0 Å². The second kappa shape index (κ2) is 18.0. The molecule has 0 aromatic heterocycles. The minimum absolute atomic E-state index is 0.0390. The van der Waals surface area contributed by atoms with Crippen LogP contribution in [0, 0.1) is 5.92 Å². The number of alkyl carbamates (subject to hydrolysis) is 1. The highest BCUT2D eigenvalue weighted by Gasteiger charge is 2.22. The molecule has 0 saturated heterocycles. The van der Waals surface area contributed by atoms with Crippen LogP contribution >= 0.6 is 0 Å². The summed E-state index contributed by atoms with van der Waals surface area (Å²) in [5, 5.41) is 5.61. The van der Waals surface area contributed by atoms with Crippen LogP contribution < -0.4 is 10.6 Å². The monoisotopic (exact) mass is 581 g/mol. The maximum Gasteiger partial charge on any atom is 0.407 e. The minimum atomic E-state index is -0.570. The summed E-state index contributed by atoms with van der Waals surface area (Å²) in [5.74, 6) is -0.713. The molecule has 2 rings (SSSR count). The second-order valence-electron chi connectivity index (χ2n) is 11.5. The number of amides is 4. The van der Waals surface area contributed by atoms with E-state index in [1.165, 1.54) is 4.90 Å². The van der Waals surface area contributed by atoms with Gasteiger partial charge in [-0.25, -0.2) is 4.79 Å². The van der Waals surface area contributed by atoms with E-state index in [0.29, 0.717) is 38.2 Å². The molecule has 1 atom stereocenters. The van der Waals surface area contributed by atoms with Crippen molar-refractivity contribution in [3.63, 3.8) is 0 Å². The van der Waals surface area contributed by atoms with Gasteiger partial charge in [0.25, 0.3) is 11.8 Å². The van der Waals surface area contributed by atoms with Crippen LogP contribution in [0.4, 0.5) is 4.79 Å². The zero-order valence-electron chi connectivity index (χ0n) is 25.7. The van der Waals surface area contributed by atoms with Crippen LogP contribution in [0.25, 0.3) is 0 Å². The van der Waals surface area contributed by atoms with Crippen LogP contribution in [-0.2, 0) is 32.2 Å². The maximum atomic E-state index is 13.0. The lowest BCUT2D eigenvalue weighted by molar-refractivity contribution is -0.148. The first-order chi connectivity index (χ1) is 20.0. The Labute approximate surface area is 250 Å². The van der Waals surface area contributed by atoms with Crippen LogP contribution in [-0.4, -0.2) is 54.0 Å². The van der Waals surface area contributed by atoms with Gasteiger partial charge in [0.2, 0.25) is 5.91 Å². The number of unbranched alkanes of at least 4 members (excludes halogenated alkanes) is 2. The lowest BCUT2D eigenvalue weighted by Crippen LogP contribution is -2.40. The molecule has 230 valence electrons. The predicted molar refractivity (Wildman–Crippen MR) is 163 cm³/mol. The Kier molecular flexibility index (Phi) is 14.7. The van der Waals surface area contributed by atoms with E-state index >= 15 is 0 Å². The minimum Gasteiger partial charge on any atom is -0.444 e. The molecular weight excluding hydrogens is 534 g/mol. The number of benzene rings is 2. The van der Waals surface area contributed by atoms with Crippen LogP contribution in [0.1, 0.15) is 88.2 Å². The van der Waals surface area contributed by atoms with Crippen LogP contribution in [0.3, 0.4) is 0 Å². The van der Waals surface area contributed by atoms with Gasteiger partial charge in [0.1, 0.15) is 12.2 Å². The molecule has 0 aliphatic heterocycles. The van der Waals surface area contributed by atoms with E-state index in [2.05, 4.69) is 17.6 Å². The fraction of sp³-hybridized carbons (Fsp3) is 0.515. The molecule has 2 aromatic carbocycles. The van der Waals surface area contributed by atoms with Gasteiger partial charge in [-0.2, -0.15) is 0 Å². The van der Waals surface area contributed by atoms with Gasteiger partial charge in [0.15, 0.2) is 0 Å². The summed E-state index contributed by atoms with van der Waals surface area (Å²) in [6.45, 7) is 10.7. The molecule has 4 amide bonds. The van der Waals surface area contributed by atoms with Crippen LogP contribution in [0.15, 0.2) is 54.6 Å². The van der Waals surface area contributed by atoms with E-state index in [1.54, 1.807) is 45.0 Å². The number of carbonyl (C=O) groups is 4. The number of rotatable bonds is 16. The SMILES string of the molecule is CCCCCN(C(=O)CCC(C)CNC(=O)c1ccc(CNC(=O)OC(C)(C)C)cc1)C(=O)COCc1ccccc1. The van der Waals surface area contributed by atoms with E-state index < -0.39 is 11.7 Å². The topological polar surface area (TPSA) is 114 Å². The summed E-state index contributed by atoms with van der Waals surface area (Å²) in [6.07, 6.45) is 2.94. The molecule has 0 fully saturated rings. The molecule has 9 heteroatoms. The van der Waals surface area contributed by atoms with Gasteiger partial charge in [0.05, 0.1) is 6.61 Å². The number of ether oxygens (including phenoxy) is 2. The summed E-state index contributed by atoms with van der Waals surface area (Å²) in [5.41, 5.74) is 1.74. The third kappa shape index (κ3) is 13.8. The molecule has 0 bridgehead atoms. The second-order valence-corrected chi connectivity index (χ2v) is 11.5. The number of hydrogen-bond donors (Lipinski definition) is 2. The first kappa shape index (κ1) is 34.5. The van der Waals surface area contributed by atoms with E-state index in [0.717, 1.165) is 30.4 Å². The molecular formula is C33H47N3O6. The number of nitrogens with one attached hydrogen (secondary N) is 2. The highest BCUT2D eigenvalue weighted by Crippen LogP contribution is 2.12. The average Bonchev–Trinajstić information content (AvgIpc) is 2.95. The lowest BCUT2D eigenvalue weighted by Gasteiger charge is -2.22. The summed E-state index contributed by atoms with van der Waals surface area (Å²) in [7, 11) is 0. The van der Waals surface area contributed by atoms with E-state index in [1.807, 2.05) is 37.3 Å². The van der Waals surface area contributed by atoms with Crippen molar-refractivity contribution in [2.24, 2.45) is 5.92 Å². The van der Waals surface area contributed by atoms with Crippen molar-refractivity contribution in [1.29, 1.82) is 0 Å². The normalized spacial score (nSPS) is 11.8. The first-order valence-corrected chi connectivity index (χ1v) is 14.8. The highest BCUT2D eigenvalue weighted by molar-refractivity contribution is 5.96. The summed E-state index contributed by atoms with van der Waals surface area (Å²) in [4.78, 5) is 51.6. The van der Waals surface area contributed by atoms with Crippen molar-refractivity contribution >= 4 is 23.8 Å². The zero-order valence-corrected chi connectivity index (χ0v) is 25.7. The zero-order chi connectivity index (χ0) is 31.0. The molecule has 0 radical (unpaired) electrons. The molecule has 0 saturated carbocycles. The Morgan fingerprint density at radius 1 is 0.881 bits per heavy atom. The Hall–Kier alpha value is -3.72. The van der Waals surface area contributed by atoms with Gasteiger partial charge in [0, 0.05) is 31.6 Å². The van der Waals surface area contributed by atoms with Crippen molar-refractivity contribution < 1.29 is 28.7 Å². The van der Waals surface area contributed by atoms with Crippen molar-refractivity contribution in [2.45, 2.75) is 85.5 Å². The Bertz CT molecular complexity index is 1130. The molecule has 0 aliphatic carbocycles. The van der Waals surface area contributed by atoms with E-state index in [9.17, 15) is 19.2 Å². The molecule has 2 aromatic rings. The van der Waals surface area contributed by atoms with E-state index in [-0.39, 0.29) is 36.7 Å². The Morgan fingerprint density at radius 2 is 1.57 bits per heavy atom. The average molecular weight is 582 g/mol. The van der Waals surface area contributed by atoms with Gasteiger partial charge in [-0.3, -0.25) is 19.3 Å². The third-order valence-corrected chi connectivity index (χ3v) is 6.44. The van der Waals surface area contributed by atoms with Gasteiger partial charge < -0.3 is 20.1 Å². The van der Waals surface area contributed by atoms with Gasteiger partial charge in [-0.1, -0.05) is 69.2 Å². The molecule has 9 nitrogen and oxygen atoms in total. The van der Waals surface area contributed by atoms with Gasteiger partial charge >= 0.3 is 6.09 Å². The van der Waals surface area contributed by atoms with Crippen molar-refractivity contribution in [1.82, 2.24) is 15.5 Å². The summed E-state index contributed by atoms with van der Waals surface area (Å²) < 4.78 is 10.8. The standard InChI is InChI=1S/C33H47N3O6/c1-6-7-11-20-36(30(38)24-41-23-27-12-9-8-10-13-27)29(37)19-14-25(2)21-34-31(39)28-17-15-26(16-18-28)22-35-32(40)42-33(3,4)5/h8-10,12-13,15-18,25H,6-7,11,14,19-24H2,1-5H3,(H,34,39)(H,35,40). The van der Waals surface area contributed by atoms with E-state index in [4.69, 9.17) is 9.47 Å². The fourth-order valence-corrected chi connectivity index (χ4v) is 4.06. The molecule has 0 spiro atoms. The van der Waals surface area contributed by atoms with Gasteiger partial charge in [-0.05, 0) is 62.8 Å². The number of nitrogens with zero attached hydrogens (tertiary/aromatic N) is 1. The number of carbonyl (C=O) groups excluding carboxylic acids is 4. The molecule has 0 aliphatic rings. The smallest absolute Gasteiger partial charge is 0.407 e. The summed E-state index contributed by atoms with van der Waals surface area (Å²) in [6, 6.07) is 16.6. The van der Waals surface area contributed by atoms with Crippen molar-refractivity contribution in [3.8, 4) is 0 Å². The number of imide groups is 1. The first-order valence-electron chi connectivity index (χ1n) is 14.8. The molecule has 42 heavy (non-hydrogen) atoms. The molecule has 2 N–H and O–H groups in total. The Balaban J connectivity index is 1.77. The lowest BCUT2D eigenvalue weighted by atomic mass is 10.0. The van der Waals surface area contributed by atoms with Gasteiger partial charge in [-0.15, -0.1) is 0 Å². The highest BCUT2D eigenvalue weighted by atomic mass is 16.6. The van der Waals surface area contributed by atoms with Crippen molar-refractivity contribution in [2.75, 3.05) is 19.7 Å². The predicted octanol–water partition coefficient (Wildman–Crippen LogP) is 5.62. The van der Waals surface area contributed by atoms with Crippen molar-refractivity contribution in [3.05, 3.63) is 71.3 Å². The summed E-state index contributed by atoms with van der Waals surface area (Å²) >= 11 is 0. The number of hydrogen-bond acceptors (Lipinski definition) is 6. The fourth-order valence-electron chi connectivity index (χ4n) is 4.06. The molecule has 1 unspecified atom stereocenters. The maximum absolute atomic E-state index is 13.0. The van der Waals surface area contributed by atoms with Crippen LogP contribution in [0.2, 0.25) is 0 Å².